The first-order valence-electron chi connectivity index (χ1n) is 7.25. The molecule has 1 aliphatic rings. The highest BCUT2D eigenvalue weighted by atomic mass is 16.2. The Labute approximate surface area is 129 Å². The topological polar surface area (TPSA) is 90.5 Å². The second-order valence-corrected chi connectivity index (χ2v) is 5.06. The molecule has 0 aliphatic carbocycles. The summed E-state index contributed by atoms with van der Waals surface area (Å²) in [6.07, 6.45) is 2.07. The van der Waals surface area contributed by atoms with E-state index in [0.29, 0.717) is 11.3 Å². The zero-order chi connectivity index (χ0) is 15.9. The summed E-state index contributed by atoms with van der Waals surface area (Å²) in [5, 5.41) is 7.44. The predicted molar refractivity (Wildman–Crippen MR) is 82.7 cm³/mol. The lowest BCUT2D eigenvalue weighted by Gasteiger charge is -2.15. The van der Waals surface area contributed by atoms with E-state index in [4.69, 9.17) is 0 Å². The summed E-state index contributed by atoms with van der Waals surface area (Å²) in [5.74, 6) is -0.306. The number of rotatable bonds is 4. The van der Waals surface area contributed by atoms with Crippen molar-refractivity contribution in [1.29, 1.82) is 0 Å². The van der Waals surface area contributed by atoms with Crippen molar-refractivity contribution in [2.24, 2.45) is 0 Å². The van der Waals surface area contributed by atoms with Crippen molar-refractivity contribution in [2.45, 2.75) is 12.8 Å². The van der Waals surface area contributed by atoms with Crippen molar-refractivity contribution < 1.29 is 14.4 Å². The van der Waals surface area contributed by atoms with Gasteiger partial charge in [0, 0.05) is 31.4 Å². The Hall–Kier alpha value is -2.57. The van der Waals surface area contributed by atoms with Gasteiger partial charge >= 0.3 is 6.03 Å². The van der Waals surface area contributed by atoms with Crippen LogP contribution in [0.2, 0.25) is 0 Å². The molecular weight excluding hydrogens is 284 g/mol. The summed E-state index contributed by atoms with van der Waals surface area (Å²) >= 11 is 0. The first kappa shape index (κ1) is 15.8. The zero-order valence-electron chi connectivity index (χ0n) is 12.5. The number of nitrogens with zero attached hydrogens (tertiary/aromatic N) is 1. The average Bonchev–Trinajstić information content (AvgIpc) is 3.06. The summed E-state index contributed by atoms with van der Waals surface area (Å²) < 4.78 is 0. The number of amides is 4. The minimum Gasteiger partial charge on any atom is -0.358 e. The van der Waals surface area contributed by atoms with E-state index in [9.17, 15) is 14.4 Å². The first-order chi connectivity index (χ1) is 10.6. The molecular formula is C15H20N4O3. The normalized spacial score (nSPS) is 13.6. The van der Waals surface area contributed by atoms with E-state index in [1.54, 1.807) is 24.3 Å². The van der Waals surface area contributed by atoms with Crippen LogP contribution < -0.4 is 16.0 Å². The summed E-state index contributed by atoms with van der Waals surface area (Å²) in [6, 6.07) is 6.29. The highest BCUT2D eigenvalue weighted by Crippen LogP contribution is 2.16. The maximum atomic E-state index is 12.3. The summed E-state index contributed by atoms with van der Waals surface area (Å²) in [6.45, 7) is 1.46. The third-order valence-electron chi connectivity index (χ3n) is 3.45. The number of nitrogens with one attached hydrogen (secondary N) is 3. The lowest BCUT2D eigenvalue weighted by atomic mass is 10.2. The molecule has 22 heavy (non-hydrogen) atoms. The molecule has 7 nitrogen and oxygen atoms in total. The number of hydrogen-bond donors (Lipinski definition) is 3. The van der Waals surface area contributed by atoms with E-state index in [-0.39, 0.29) is 18.4 Å². The van der Waals surface area contributed by atoms with Crippen LogP contribution in [0, 0.1) is 0 Å². The number of hydrogen-bond acceptors (Lipinski definition) is 3. The summed E-state index contributed by atoms with van der Waals surface area (Å²) in [5.41, 5.74) is 1.06. The maximum absolute atomic E-state index is 12.3. The third-order valence-corrected chi connectivity index (χ3v) is 3.45. The van der Waals surface area contributed by atoms with E-state index >= 15 is 0 Å². The Kier molecular flexibility index (Phi) is 5.35. The molecule has 1 aromatic rings. The predicted octanol–water partition coefficient (Wildman–Crippen LogP) is 0.790. The number of benzene rings is 1. The quantitative estimate of drug-likeness (QED) is 0.768. The van der Waals surface area contributed by atoms with Crippen molar-refractivity contribution in [2.75, 3.05) is 32.0 Å². The Morgan fingerprint density at radius 2 is 1.91 bits per heavy atom. The van der Waals surface area contributed by atoms with Gasteiger partial charge in [-0.25, -0.2) is 4.79 Å². The molecule has 0 aromatic heterocycles. The molecule has 1 fully saturated rings. The van der Waals surface area contributed by atoms with Gasteiger partial charge < -0.3 is 20.9 Å². The Balaban J connectivity index is 1.94. The van der Waals surface area contributed by atoms with E-state index < -0.39 is 6.03 Å². The molecule has 1 heterocycles. The van der Waals surface area contributed by atoms with E-state index in [2.05, 4.69) is 16.0 Å². The van der Waals surface area contributed by atoms with Crippen LogP contribution >= 0.6 is 0 Å². The molecule has 0 radical (unpaired) electrons. The minimum absolute atomic E-state index is 0.0214. The van der Waals surface area contributed by atoms with Crippen LogP contribution in [0.1, 0.15) is 23.2 Å². The molecule has 0 bridgehead atoms. The average molecular weight is 304 g/mol. The molecule has 0 atom stereocenters. The fourth-order valence-electron chi connectivity index (χ4n) is 2.26. The molecule has 7 heteroatoms. The largest absolute Gasteiger partial charge is 0.358 e. The molecule has 1 aromatic carbocycles. The molecule has 1 aliphatic heterocycles. The molecule has 0 saturated carbocycles. The van der Waals surface area contributed by atoms with Crippen molar-refractivity contribution >= 4 is 23.5 Å². The number of carbonyl (C=O) groups is 3. The highest BCUT2D eigenvalue weighted by molar-refractivity contribution is 5.97. The van der Waals surface area contributed by atoms with Gasteiger partial charge in [-0.1, -0.05) is 6.07 Å². The van der Waals surface area contributed by atoms with E-state index in [0.717, 1.165) is 25.9 Å². The second-order valence-electron chi connectivity index (χ2n) is 5.06. The van der Waals surface area contributed by atoms with Crippen molar-refractivity contribution in [3.63, 3.8) is 0 Å². The fourth-order valence-corrected chi connectivity index (χ4v) is 2.26. The van der Waals surface area contributed by atoms with Crippen LogP contribution in [0.3, 0.4) is 0 Å². The summed E-state index contributed by atoms with van der Waals surface area (Å²) in [7, 11) is 1.50. The van der Waals surface area contributed by atoms with Crippen LogP contribution in [0.25, 0.3) is 0 Å². The van der Waals surface area contributed by atoms with Crippen molar-refractivity contribution in [3.05, 3.63) is 29.8 Å². The lowest BCUT2D eigenvalue weighted by Crippen LogP contribution is -2.37. The fraction of sp³-hybridized carbons (Fsp3) is 0.400. The molecule has 118 valence electrons. The number of anilines is 1. The van der Waals surface area contributed by atoms with E-state index in [1.165, 1.54) is 7.05 Å². The second kappa shape index (κ2) is 7.44. The highest BCUT2D eigenvalue weighted by Gasteiger charge is 2.19. The van der Waals surface area contributed by atoms with Crippen LogP contribution in [-0.4, -0.2) is 49.4 Å². The van der Waals surface area contributed by atoms with Crippen LogP contribution in [0.15, 0.2) is 24.3 Å². The summed E-state index contributed by atoms with van der Waals surface area (Å²) in [4.78, 5) is 36.8. The van der Waals surface area contributed by atoms with Crippen molar-refractivity contribution in [1.82, 2.24) is 15.5 Å². The van der Waals surface area contributed by atoms with E-state index in [1.807, 2.05) is 4.90 Å². The van der Waals surface area contributed by atoms with Gasteiger partial charge in [-0.2, -0.15) is 0 Å². The van der Waals surface area contributed by atoms with Gasteiger partial charge in [0.1, 0.15) is 0 Å². The van der Waals surface area contributed by atoms with Gasteiger partial charge in [-0.15, -0.1) is 0 Å². The smallest absolute Gasteiger partial charge is 0.319 e. The molecule has 3 N–H and O–H groups in total. The van der Waals surface area contributed by atoms with Crippen LogP contribution in [0.5, 0.6) is 0 Å². The molecule has 0 spiro atoms. The number of likely N-dealkylation sites (tertiary alicyclic amines) is 1. The number of likely N-dealkylation sites (N-methyl/N-ethyl adjacent to an activating group) is 1. The van der Waals surface area contributed by atoms with Gasteiger partial charge in [0.05, 0.1) is 6.54 Å². The molecule has 0 unspecified atom stereocenters. The Morgan fingerprint density at radius 1 is 1.18 bits per heavy atom. The monoisotopic (exact) mass is 304 g/mol. The Bertz CT molecular complexity index is 568. The first-order valence-corrected chi connectivity index (χ1v) is 7.25. The van der Waals surface area contributed by atoms with Gasteiger partial charge in [-0.3, -0.25) is 9.59 Å². The maximum Gasteiger partial charge on any atom is 0.319 e. The third kappa shape index (κ3) is 4.21. The minimum atomic E-state index is -0.491. The van der Waals surface area contributed by atoms with Crippen LogP contribution in [0.4, 0.5) is 10.5 Å². The molecule has 1 saturated heterocycles. The SMILES string of the molecule is CNC(=O)CNC(=O)Nc1cccc(C(=O)N2CCCC2)c1. The van der Waals surface area contributed by atoms with Gasteiger partial charge in [0.25, 0.3) is 5.91 Å². The van der Waals surface area contributed by atoms with Gasteiger partial charge in [0.15, 0.2) is 0 Å². The van der Waals surface area contributed by atoms with Crippen LogP contribution in [-0.2, 0) is 4.79 Å². The lowest BCUT2D eigenvalue weighted by molar-refractivity contribution is -0.119. The Morgan fingerprint density at radius 3 is 2.59 bits per heavy atom. The van der Waals surface area contributed by atoms with Gasteiger partial charge in [-0.05, 0) is 31.0 Å². The number of urea groups is 1. The molecule has 4 amide bonds. The molecule has 2 rings (SSSR count). The standard InChI is InChI=1S/C15H20N4O3/c1-16-13(20)10-17-15(22)18-12-6-4-5-11(9-12)14(21)19-7-2-3-8-19/h4-6,9H,2-3,7-8,10H2,1H3,(H,16,20)(H2,17,18,22). The van der Waals surface area contributed by atoms with Crippen molar-refractivity contribution in [3.8, 4) is 0 Å². The van der Waals surface area contributed by atoms with Gasteiger partial charge in [0.2, 0.25) is 5.91 Å². The number of carbonyl (C=O) groups excluding carboxylic acids is 3. The zero-order valence-corrected chi connectivity index (χ0v) is 12.5.